The number of hydrogen-bond donors (Lipinski definition) is 2. The van der Waals surface area contributed by atoms with Gasteiger partial charge in [-0.2, -0.15) is 16.4 Å². The van der Waals surface area contributed by atoms with Gasteiger partial charge in [0.2, 0.25) is 0 Å². The maximum absolute atomic E-state index is 12.1. The number of thiophene rings is 1. The minimum atomic E-state index is -0.183. The Hall–Kier alpha value is -1.82. The number of nitrogens with zero attached hydrogens (tertiary/aromatic N) is 2. The molecule has 0 atom stereocenters. The number of carbonyl (C=O) groups is 1. The Balaban J connectivity index is 2.08. The highest BCUT2D eigenvalue weighted by Gasteiger charge is 2.15. The number of aromatic nitrogens is 2. The fourth-order valence-corrected chi connectivity index (χ4v) is 2.57. The summed E-state index contributed by atoms with van der Waals surface area (Å²) in [6.07, 6.45) is 1.51. The Morgan fingerprint density at radius 2 is 2.33 bits per heavy atom. The molecule has 0 bridgehead atoms. The second-order valence-electron chi connectivity index (χ2n) is 4.03. The Morgan fingerprint density at radius 1 is 1.56 bits per heavy atom. The van der Waals surface area contributed by atoms with Crippen molar-refractivity contribution in [3.8, 4) is 0 Å². The van der Waals surface area contributed by atoms with Gasteiger partial charge in [0.25, 0.3) is 5.91 Å². The van der Waals surface area contributed by atoms with Crippen LogP contribution in [-0.4, -0.2) is 15.7 Å². The van der Waals surface area contributed by atoms with Crippen molar-refractivity contribution in [2.45, 2.75) is 26.9 Å². The SMILES string of the molecule is CCn1ncc(N)c1C(=O)NCc1cscc1C. The van der Waals surface area contributed by atoms with Gasteiger partial charge < -0.3 is 11.1 Å². The molecule has 2 aromatic rings. The molecule has 0 aliphatic heterocycles. The summed E-state index contributed by atoms with van der Waals surface area (Å²) in [5.41, 5.74) is 8.93. The van der Waals surface area contributed by atoms with E-state index in [0.717, 1.165) is 5.56 Å². The van der Waals surface area contributed by atoms with Gasteiger partial charge in [-0.05, 0) is 35.7 Å². The number of carbonyl (C=O) groups excluding carboxylic acids is 1. The predicted octanol–water partition coefficient (Wildman–Crippen LogP) is 1.79. The van der Waals surface area contributed by atoms with E-state index >= 15 is 0 Å². The molecule has 0 aliphatic carbocycles. The molecule has 0 radical (unpaired) electrons. The summed E-state index contributed by atoms with van der Waals surface area (Å²) in [5.74, 6) is -0.183. The van der Waals surface area contributed by atoms with E-state index in [0.29, 0.717) is 24.5 Å². The molecule has 2 heterocycles. The second kappa shape index (κ2) is 5.22. The number of nitrogens with one attached hydrogen (secondary N) is 1. The van der Waals surface area contributed by atoms with E-state index in [2.05, 4.69) is 15.8 Å². The highest BCUT2D eigenvalue weighted by atomic mass is 32.1. The van der Waals surface area contributed by atoms with Crippen molar-refractivity contribution in [3.05, 3.63) is 33.8 Å². The van der Waals surface area contributed by atoms with Crippen LogP contribution in [0.3, 0.4) is 0 Å². The smallest absolute Gasteiger partial charge is 0.271 e. The van der Waals surface area contributed by atoms with E-state index in [1.165, 1.54) is 11.8 Å². The van der Waals surface area contributed by atoms with Crippen molar-refractivity contribution >= 4 is 22.9 Å². The van der Waals surface area contributed by atoms with Gasteiger partial charge in [0, 0.05) is 13.1 Å². The van der Waals surface area contributed by atoms with Crippen LogP contribution in [0.1, 0.15) is 28.5 Å². The third-order valence-electron chi connectivity index (χ3n) is 2.78. The Labute approximate surface area is 110 Å². The molecule has 5 nitrogen and oxygen atoms in total. The lowest BCUT2D eigenvalue weighted by atomic mass is 10.2. The molecule has 0 aliphatic rings. The number of anilines is 1. The van der Waals surface area contributed by atoms with Gasteiger partial charge in [-0.25, -0.2) is 0 Å². The van der Waals surface area contributed by atoms with Crippen molar-refractivity contribution in [1.29, 1.82) is 0 Å². The highest BCUT2D eigenvalue weighted by Crippen LogP contribution is 2.14. The van der Waals surface area contributed by atoms with E-state index in [1.807, 2.05) is 19.2 Å². The summed E-state index contributed by atoms with van der Waals surface area (Å²) in [7, 11) is 0. The summed E-state index contributed by atoms with van der Waals surface area (Å²) >= 11 is 1.63. The molecule has 0 saturated carbocycles. The Morgan fingerprint density at radius 3 is 2.94 bits per heavy atom. The van der Waals surface area contributed by atoms with Crippen LogP contribution in [0.4, 0.5) is 5.69 Å². The lowest BCUT2D eigenvalue weighted by Crippen LogP contribution is -2.26. The number of amides is 1. The standard InChI is InChI=1S/C12H16N4OS/c1-3-16-11(10(13)5-15-16)12(17)14-4-9-7-18-6-8(9)2/h5-7H,3-4,13H2,1-2H3,(H,14,17). The zero-order valence-corrected chi connectivity index (χ0v) is 11.3. The van der Waals surface area contributed by atoms with Crippen molar-refractivity contribution in [1.82, 2.24) is 15.1 Å². The van der Waals surface area contributed by atoms with Gasteiger partial charge in [-0.15, -0.1) is 0 Å². The fourth-order valence-electron chi connectivity index (χ4n) is 1.72. The molecule has 0 aromatic carbocycles. The quantitative estimate of drug-likeness (QED) is 0.884. The number of nitrogens with two attached hydrogens (primary N) is 1. The molecule has 0 saturated heterocycles. The summed E-state index contributed by atoms with van der Waals surface area (Å²) in [6.45, 7) is 5.09. The van der Waals surface area contributed by atoms with Crippen LogP contribution < -0.4 is 11.1 Å². The molecule has 6 heteroatoms. The van der Waals surface area contributed by atoms with Gasteiger partial charge in [0.05, 0.1) is 11.9 Å². The van der Waals surface area contributed by atoms with E-state index in [9.17, 15) is 4.79 Å². The number of nitrogen functional groups attached to an aromatic ring is 1. The number of rotatable bonds is 4. The second-order valence-corrected chi connectivity index (χ2v) is 4.77. The fraction of sp³-hybridized carbons (Fsp3) is 0.333. The Kier molecular flexibility index (Phi) is 3.66. The molecule has 3 N–H and O–H groups in total. The highest BCUT2D eigenvalue weighted by molar-refractivity contribution is 7.08. The maximum Gasteiger partial charge on any atom is 0.271 e. The van der Waals surface area contributed by atoms with Crippen molar-refractivity contribution in [2.75, 3.05) is 5.73 Å². The summed E-state index contributed by atoms with van der Waals surface area (Å²) in [5, 5.41) is 11.0. The normalized spacial score (nSPS) is 10.6. The van der Waals surface area contributed by atoms with Crippen LogP contribution in [0.15, 0.2) is 17.0 Å². The maximum atomic E-state index is 12.1. The first-order valence-corrected chi connectivity index (χ1v) is 6.69. The van der Waals surface area contributed by atoms with Gasteiger partial charge >= 0.3 is 0 Å². The molecule has 2 aromatic heterocycles. The molecule has 1 amide bonds. The predicted molar refractivity (Wildman–Crippen MR) is 72.5 cm³/mol. The van der Waals surface area contributed by atoms with Crippen LogP contribution in [0.25, 0.3) is 0 Å². The number of hydrogen-bond acceptors (Lipinski definition) is 4. The summed E-state index contributed by atoms with van der Waals surface area (Å²) < 4.78 is 1.60. The van der Waals surface area contributed by atoms with Crippen LogP contribution in [0, 0.1) is 6.92 Å². The molecule has 0 fully saturated rings. The monoisotopic (exact) mass is 264 g/mol. The topological polar surface area (TPSA) is 72.9 Å². The zero-order valence-electron chi connectivity index (χ0n) is 10.4. The first kappa shape index (κ1) is 12.6. The van der Waals surface area contributed by atoms with Crippen LogP contribution >= 0.6 is 11.3 Å². The third kappa shape index (κ3) is 2.38. The van der Waals surface area contributed by atoms with Crippen LogP contribution in [0.5, 0.6) is 0 Å². The molecule has 2 rings (SSSR count). The molecule has 96 valence electrons. The molecular weight excluding hydrogens is 248 g/mol. The van der Waals surface area contributed by atoms with Crippen molar-refractivity contribution in [3.63, 3.8) is 0 Å². The molecular formula is C12H16N4OS. The van der Waals surface area contributed by atoms with Gasteiger partial charge in [0.15, 0.2) is 0 Å². The van der Waals surface area contributed by atoms with Crippen molar-refractivity contribution < 1.29 is 4.79 Å². The first-order valence-electron chi connectivity index (χ1n) is 5.74. The van der Waals surface area contributed by atoms with Gasteiger partial charge in [0.1, 0.15) is 5.69 Å². The van der Waals surface area contributed by atoms with E-state index in [4.69, 9.17) is 5.73 Å². The summed E-state index contributed by atoms with van der Waals surface area (Å²) in [4.78, 5) is 12.1. The van der Waals surface area contributed by atoms with Crippen LogP contribution in [0.2, 0.25) is 0 Å². The van der Waals surface area contributed by atoms with Crippen molar-refractivity contribution in [2.24, 2.45) is 0 Å². The van der Waals surface area contributed by atoms with Gasteiger partial charge in [-0.1, -0.05) is 0 Å². The average molecular weight is 264 g/mol. The third-order valence-corrected chi connectivity index (χ3v) is 3.69. The van der Waals surface area contributed by atoms with Crippen LogP contribution in [-0.2, 0) is 13.1 Å². The first-order chi connectivity index (χ1) is 8.63. The van der Waals surface area contributed by atoms with E-state index in [1.54, 1.807) is 16.0 Å². The van der Waals surface area contributed by atoms with E-state index < -0.39 is 0 Å². The Bertz CT molecular complexity index is 558. The largest absolute Gasteiger partial charge is 0.396 e. The zero-order chi connectivity index (χ0) is 13.1. The van der Waals surface area contributed by atoms with Gasteiger partial charge in [-0.3, -0.25) is 9.48 Å². The lowest BCUT2D eigenvalue weighted by molar-refractivity contribution is 0.0941. The minimum absolute atomic E-state index is 0.183. The average Bonchev–Trinajstić information content (AvgIpc) is 2.92. The lowest BCUT2D eigenvalue weighted by Gasteiger charge is -2.07. The minimum Gasteiger partial charge on any atom is -0.396 e. The molecule has 18 heavy (non-hydrogen) atoms. The van der Waals surface area contributed by atoms with E-state index in [-0.39, 0.29) is 5.91 Å². The summed E-state index contributed by atoms with van der Waals surface area (Å²) in [6, 6.07) is 0. The molecule has 0 unspecified atom stereocenters. The molecule has 0 spiro atoms. The number of aryl methyl sites for hydroxylation is 2.